The van der Waals surface area contributed by atoms with Crippen LogP contribution in [0.15, 0.2) is 36.5 Å². The first-order valence-electron chi connectivity index (χ1n) is 6.65. The molecule has 3 N–H and O–H groups in total. The first-order chi connectivity index (χ1) is 12.2. The molecule has 0 unspecified atom stereocenters. The van der Waals surface area contributed by atoms with Crippen LogP contribution in [0.25, 0.3) is 10.9 Å². The number of aliphatic carboxylic acids is 1. The second-order valence-electron chi connectivity index (χ2n) is 4.56. The molecule has 0 fully saturated rings. The van der Waals surface area contributed by atoms with Gasteiger partial charge >= 0.3 is 18.1 Å². The number of carboxylic acids is 2. The summed E-state index contributed by atoms with van der Waals surface area (Å²) in [5.74, 6) is -3.57. The Morgan fingerprint density at radius 1 is 1.15 bits per heavy atom. The minimum absolute atomic E-state index is 0.0808. The molecule has 0 saturated heterocycles. The first kappa shape index (κ1) is 18.6. The van der Waals surface area contributed by atoms with Crippen LogP contribution in [0, 0.1) is 0 Å². The van der Waals surface area contributed by atoms with Gasteiger partial charge in [-0.05, 0) is 18.2 Å². The van der Waals surface area contributed by atoms with Gasteiger partial charge in [0.1, 0.15) is 5.75 Å². The molecule has 0 atom stereocenters. The van der Waals surface area contributed by atoms with Crippen molar-refractivity contribution in [2.75, 3.05) is 0 Å². The van der Waals surface area contributed by atoms with Crippen molar-refractivity contribution < 1.29 is 37.7 Å². The van der Waals surface area contributed by atoms with Crippen LogP contribution in [0.3, 0.4) is 0 Å². The Balaban J connectivity index is 0.000000298. The number of hydrogen-bond acceptors (Lipinski definition) is 6. The van der Waals surface area contributed by atoms with Crippen LogP contribution in [-0.4, -0.2) is 48.7 Å². The van der Waals surface area contributed by atoms with E-state index < -0.39 is 18.1 Å². The molecule has 0 aliphatic rings. The fourth-order valence-electron chi connectivity index (χ4n) is 1.65. The van der Waals surface area contributed by atoms with Gasteiger partial charge in [-0.1, -0.05) is 16.4 Å². The number of halogens is 3. The Morgan fingerprint density at radius 2 is 1.85 bits per heavy atom. The van der Waals surface area contributed by atoms with Crippen molar-refractivity contribution in [1.29, 1.82) is 0 Å². The lowest BCUT2D eigenvalue weighted by atomic mass is 10.2. The highest BCUT2D eigenvalue weighted by Gasteiger charge is 2.38. The van der Waals surface area contributed by atoms with Crippen LogP contribution >= 0.6 is 0 Å². The number of ether oxygens (including phenoxy) is 1. The number of carboxylic acid groups (broad SMARTS) is 2. The van der Waals surface area contributed by atoms with Gasteiger partial charge in [-0.2, -0.15) is 13.2 Å². The third-order valence-electron chi connectivity index (χ3n) is 2.76. The smallest absolute Gasteiger partial charge is 0.476 e. The second-order valence-corrected chi connectivity index (χ2v) is 4.56. The van der Waals surface area contributed by atoms with Crippen molar-refractivity contribution in [2.24, 2.45) is 0 Å². The van der Waals surface area contributed by atoms with Crippen LogP contribution in [0.1, 0.15) is 10.5 Å². The van der Waals surface area contributed by atoms with Crippen molar-refractivity contribution >= 4 is 22.8 Å². The van der Waals surface area contributed by atoms with E-state index in [0.717, 1.165) is 10.9 Å². The Bertz CT molecular complexity index is 941. The number of H-pyrrole nitrogens is 1. The number of hydrogen-bond donors (Lipinski definition) is 3. The molecule has 2 heterocycles. The molecule has 136 valence electrons. The quantitative estimate of drug-likeness (QED) is 0.639. The lowest BCUT2D eigenvalue weighted by Gasteiger charge is -2.03. The standard InChI is InChI=1S/C12H8N4O3.C2HF3O2/c17-12(18)10-11(15-16-14-10)19-8-4-3-7-2-1-5-13-9(7)6-8;3-2(4,5)1(6)7/h1-6H,(H,17,18)(H,14,15,16);(H,6,7). The number of rotatable bonds is 3. The Hall–Kier alpha value is -3.70. The third kappa shape index (κ3) is 4.66. The number of benzene rings is 1. The maximum absolute atomic E-state index is 10.9. The lowest BCUT2D eigenvalue weighted by Crippen LogP contribution is -2.21. The highest BCUT2D eigenvalue weighted by atomic mass is 19.4. The Labute approximate surface area is 142 Å². The van der Waals surface area contributed by atoms with Crippen LogP contribution in [0.4, 0.5) is 13.2 Å². The molecule has 0 amide bonds. The van der Waals surface area contributed by atoms with Gasteiger partial charge in [0.2, 0.25) is 5.69 Å². The van der Waals surface area contributed by atoms with E-state index in [1.54, 1.807) is 18.3 Å². The molecule has 0 radical (unpaired) electrons. The summed E-state index contributed by atoms with van der Waals surface area (Å²) < 4.78 is 37.1. The number of pyridine rings is 1. The Morgan fingerprint density at radius 3 is 2.46 bits per heavy atom. The molecule has 0 bridgehead atoms. The number of alkyl halides is 3. The fourth-order valence-corrected chi connectivity index (χ4v) is 1.65. The maximum Gasteiger partial charge on any atom is 0.490 e. The number of aromatic carboxylic acids is 1. The maximum atomic E-state index is 10.9. The molecular formula is C14H9F3N4O5. The fraction of sp³-hybridized carbons (Fsp3) is 0.0714. The van der Waals surface area contributed by atoms with Crippen LogP contribution in [0.5, 0.6) is 11.6 Å². The summed E-state index contributed by atoms with van der Waals surface area (Å²) in [5, 5.41) is 26.2. The van der Waals surface area contributed by atoms with Crippen molar-refractivity contribution in [3.8, 4) is 11.6 Å². The van der Waals surface area contributed by atoms with Gasteiger partial charge in [-0.3, -0.25) is 4.98 Å². The van der Waals surface area contributed by atoms with Crippen molar-refractivity contribution in [3.63, 3.8) is 0 Å². The van der Waals surface area contributed by atoms with Gasteiger partial charge in [0, 0.05) is 17.6 Å². The lowest BCUT2D eigenvalue weighted by molar-refractivity contribution is -0.192. The molecule has 1 aromatic carbocycles. The molecule has 3 rings (SSSR count). The molecule has 0 aliphatic heterocycles. The monoisotopic (exact) mass is 370 g/mol. The summed E-state index contributed by atoms with van der Waals surface area (Å²) in [6, 6.07) is 9.01. The Kier molecular flexibility index (Phi) is 5.35. The van der Waals surface area contributed by atoms with E-state index >= 15 is 0 Å². The molecule has 0 spiro atoms. The summed E-state index contributed by atoms with van der Waals surface area (Å²) >= 11 is 0. The van der Waals surface area contributed by atoms with Gasteiger partial charge in [0.15, 0.2) is 0 Å². The number of aromatic nitrogens is 4. The van der Waals surface area contributed by atoms with Crippen molar-refractivity contribution in [3.05, 3.63) is 42.2 Å². The molecule has 12 heteroatoms. The average molecular weight is 370 g/mol. The molecular weight excluding hydrogens is 361 g/mol. The summed E-state index contributed by atoms with van der Waals surface area (Å²) in [7, 11) is 0. The van der Waals surface area contributed by atoms with Gasteiger partial charge in [0.25, 0.3) is 5.88 Å². The molecule has 0 aliphatic carbocycles. The molecule has 26 heavy (non-hydrogen) atoms. The molecule has 0 saturated carbocycles. The van der Waals surface area contributed by atoms with Crippen LogP contribution in [-0.2, 0) is 4.79 Å². The van der Waals surface area contributed by atoms with Gasteiger partial charge in [0.05, 0.1) is 5.52 Å². The zero-order valence-corrected chi connectivity index (χ0v) is 12.6. The van der Waals surface area contributed by atoms with Crippen molar-refractivity contribution in [2.45, 2.75) is 6.18 Å². The first-order valence-corrected chi connectivity index (χ1v) is 6.65. The van der Waals surface area contributed by atoms with E-state index in [1.807, 2.05) is 18.2 Å². The van der Waals surface area contributed by atoms with Gasteiger partial charge in [-0.25, -0.2) is 14.7 Å². The topological polar surface area (TPSA) is 138 Å². The summed E-state index contributed by atoms with van der Waals surface area (Å²) in [6.07, 6.45) is -3.41. The van der Waals surface area contributed by atoms with E-state index in [2.05, 4.69) is 20.4 Å². The van der Waals surface area contributed by atoms with E-state index in [-0.39, 0.29) is 11.6 Å². The van der Waals surface area contributed by atoms with Gasteiger partial charge < -0.3 is 14.9 Å². The molecule has 2 aromatic heterocycles. The number of carbonyl (C=O) groups is 2. The summed E-state index contributed by atoms with van der Waals surface area (Å²) in [4.78, 5) is 24.0. The molecule has 9 nitrogen and oxygen atoms in total. The van der Waals surface area contributed by atoms with E-state index in [0.29, 0.717) is 5.75 Å². The summed E-state index contributed by atoms with van der Waals surface area (Å²) in [5.41, 5.74) is 0.557. The normalized spacial score (nSPS) is 10.7. The largest absolute Gasteiger partial charge is 0.490 e. The minimum Gasteiger partial charge on any atom is -0.476 e. The van der Waals surface area contributed by atoms with Crippen LogP contribution in [0.2, 0.25) is 0 Å². The average Bonchev–Trinajstić information content (AvgIpc) is 3.03. The van der Waals surface area contributed by atoms with E-state index in [9.17, 15) is 18.0 Å². The zero-order chi connectivity index (χ0) is 19.3. The molecule has 3 aromatic rings. The number of nitrogens with zero attached hydrogens (tertiary/aromatic N) is 3. The second kappa shape index (κ2) is 7.46. The highest BCUT2D eigenvalue weighted by molar-refractivity contribution is 5.87. The number of nitrogens with one attached hydrogen (secondary N) is 1. The zero-order valence-electron chi connectivity index (χ0n) is 12.6. The minimum atomic E-state index is -5.08. The van der Waals surface area contributed by atoms with Crippen molar-refractivity contribution in [1.82, 2.24) is 20.4 Å². The van der Waals surface area contributed by atoms with E-state index in [1.165, 1.54) is 0 Å². The highest BCUT2D eigenvalue weighted by Crippen LogP contribution is 2.24. The number of aromatic amines is 1. The van der Waals surface area contributed by atoms with Crippen LogP contribution < -0.4 is 4.74 Å². The predicted octanol–water partition coefficient (Wildman–Crippen LogP) is 2.48. The van der Waals surface area contributed by atoms with E-state index in [4.69, 9.17) is 19.7 Å². The van der Waals surface area contributed by atoms with Gasteiger partial charge in [-0.15, -0.1) is 0 Å². The number of fused-ring (bicyclic) bond motifs is 1. The predicted molar refractivity (Wildman–Crippen MR) is 78.8 cm³/mol. The summed E-state index contributed by atoms with van der Waals surface area (Å²) in [6.45, 7) is 0. The SMILES string of the molecule is O=C(O)C(F)(F)F.O=C(O)c1[nH]nnc1Oc1ccc2cccnc2c1. The third-order valence-corrected chi connectivity index (χ3v) is 2.76.